The van der Waals surface area contributed by atoms with E-state index < -0.39 is 3.42 Å². The number of carbonyl (C=O) groups excluding carboxylic acids is 1. The molecule has 0 saturated carbocycles. The van der Waals surface area contributed by atoms with Gasteiger partial charge in [0, 0.05) is 13.2 Å². The van der Waals surface area contributed by atoms with Gasteiger partial charge in [-0.3, -0.25) is 4.79 Å². The molecule has 1 aromatic rings. The van der Waals surface area contributed by atoms with Crippen molar-refractivity contribution in [3.63, 3.8) is 0 Å². The van der Waals surface area contributed by atoms with Gasteiger partial charge in [-0.1, -0.05) is 52.9 Å². The third-order valence-electron chi connectivity index (χ3n) is 2.86. The second-order valence-corrected chi connectivity index (χ2v) is 6.20. The van der Waals surface area contributed by atoms with Crippen molar-refractivity contribution in [3.05, 3.63) is 35.9 Å². The molecule has 1 fully saturated rings. The lowest BCUT2D eigenvalue weighted by molar-refractivity contribution is -0.149. The molecule has 0 aromatic heterocycles. The third kappa shape index (κ3) is 3.42. The summed E-state index contributed by atoms with van der Waals surface area (Å²) in [5.41, 5.74) is 1.02. The number of esters is 1. The summed E-state index contributed by atoms with van der Waals surface area (Å²) in [5.74, 6) is -0.120. The van der Waals surface area contributed by atoms with E-state index in [1.807, 2.05) is 30.3 Å². The second-order valence-electron chi connectivity index (χ2n) is 4.14. The highest BCUT2D eigenvalue weighted by Gasteiger charge is 2.38. The van der Waals surface area contributed by atoms with Gasteiger partial charge in [0.15, 0.2) is 0 Å². The molecule has 92 valence electrons. The predicted octanol–water partition coefficient (Wildman–Crippen LogP) is 2.71. The van der Waals surface area contributed by atoms with E-state index in [2.05, 4.69) is 22.6 Å². The number of carbonyl (C=O) groups is 1. The molecule has 0 unspecified atom stereocenters. The maximum atomic E-state index is 12.0. The molecule has 0 bridgehead atoms. The SMILES string of the molecule is O=C(OCc1ccccc1)C1(I)CCOCC1. The zero-order valence-electron chi connectivity index (χ0n) is 9.52. The van der Waals surface area contributed by atoms with Gasteiger partial charge in [0.25, 0.3) is 0 Å². The van der Waals surface area contributed by atoms with E-state index in [1.54, 1.807) is 0 Å². The monoisotopic (exact) mass is 346 g/mol. The molecule has 1 heterocycles. The van der Waals surface area contributed by atoms with Gasteiger partial charge in [-0.2, -0.15) is 0 Å². The molecule has 0 aliphatic carbocycles. The molecule has 0 radical (unpaired) electrons. The van der Waals surface area contributed by atoms with E-state index in [4.69, 9.17) is 9.47 Å². The summed E-state index contributed by atoms with van der Waals surface area (Å²) in [6, 6.07) is 9.74. The number of benzene rings is 1. The van der Waals surface area contributed by atoms with Crippen LogP contribution < -0.4 is 0 Å². The highest BCUT2D eigenvalue weighted by molar-refractivity contribution is 14.1. The zero-order valence-corrected chi connectivity index (χ0v) is 11.7. The Morgan fingerprint density at radius 2 is 1.94 bits per heavy atom. The van der Waals surface area contributed by atoms with Crippen LogP contribution in [0.2, 0.25) is 0 Å². The minimum absolute atomic E-state index is 0.120. The van der Waals surface area contributed by atoms with Crippen molar-refractivity contribution in [2.75, 3.05) is 13.2 Å². The summed E-state index contributed by atoms with van der Waals surface area (Å²) in [7, 11) is 0. The second kappa shape index (κ2) is 5.82. The molecule has 1 aliphatic rings. The van der Waals surface area contributed by atoms with Crippen LogP contribution in [-0.4, -0.2) is 22.6 Å². The quantitative estimate of drug-likeness (QED) is 0.480. The minimum atomic E-state index is -0.398. The highest BCUT2D eigenvalue weighted by Crippen LogP contribution is 2.32. The normalized spacial score (nSPS) is 18.6. The van der Waals surface area contributed by atoms with E-state index in [1.165, 1.54) is 0 Å². The first-order chi connectivity index (χ1) is 8.21. The van der Waals surface area contributed by atoms with E-state index in [-0.39, 0.29) is 5.97 Å². The molecule has 1 saturated heterocycles. The topological polar surface area (TPSA) is 35.5 Å². The summed E-state index contributed by atoms with van der Waals surface area (Å²) in [6.07, 6.45) is 1.47. The van der Waals surface area contributed by atoms with Gasteiger partial charge in [-0.15, -0.1) is 0 Å². The fourth-order valence-corrected chi connectivity index (χ4v) is 2.35. The van der Waals surface area contributed by atoms with E-state index in [0.717, 1.165) is 18.4 Å². The zero-order chi connectivity index (χ0) is 12.1. The van der Waals surface area contributed by atoms with Crippen molar-refractivity contribution in [1.82, 2.24) is 0 Å². The Kier molecular flexibility index (Phi) is 4.39. The molecular formula is C13H15IO3. The standard InChI is InChI=1S/C13H15IO3/c14-13(6-8-16-9-7-13)12(15)17-10-11-4-2-1-3-5-11/h1-5H,6-10H2. The van der Waals surface area contributed by atoms with Crippen molar-refractivity contribution in [1.29, 1.82) is 0 Å². The molecule has 0 N–H and O–H groups in total. The Balaban J connectivity index is 1.88. The summed E-state index contributed by atoms with van der Waals surface area (Å²) in [6.45, 7) is 1.64. The summed E-state index contributed by atoms with van der Waals surface area (Å²) in [4.78, 5) is 12.0. The average Bonchev–Trinajstić information content (AvgIpc) is 2.38. The van der Waals surface area contributed by atoms with Crippen LogP contribution in [0, 0.1) is 0 Å². The average molecular weight is 346 g/mol. The molecule has 1 aromatic carbocycles. The van der Waals surface area contributed by atoms with Crippen LogP contribution in [0.4, 0.5) is 0 Å². The number of ether oxygens (including phenoxy) is 2. The highest BCUT2D eigenvalue weighted by atomic mass is 127. The Morgan fingerprint density at radius 3 is 2.59 bits per heavy atom. The van der Waals surface area contributed by atoms with Crippen molar-refractivity contribution in [2.45, 2.75) is 22.9 Å². The first-order valence-electron chi connectivity index (χ1n) is 5.68. The lowest BCUT2D eigenvalue weighted by atomic mass is 10.0. The summed E-state index contributed by atoms with van der Waals surface area (Å²) < 4.78 is 10.2. The van der Waals surface area contributed by atoms with Crippen LogP contribution >= 0.6 is 22.6 Å². The van der Waals surface area contributed by atoms with Gasteiger partial charge in [-0.25, -0.2) is 0 Å². The lowest BCUT2D eigenvalue weighted by Gasteiger charge is -2.29. The number of halogens is 1. The first-order valence-corrected chi connectivity index (χ1v) is 6.76. The van der Waals surface area contributed by atoms with Gasteiger partial charge < -0.3 is 9.47 Å². The van der Waals surface area contributed by atoms with Crippen LogP contribution in [0.25, 0.3) is 0 Å². The van der Waals surface area contributed by atoms with Gasteiger partial charge in [-0.05, 0) is 18.4 Å². The van der Waals surface area contributed by atoms with Crippen molar-refractivity contribution >= 4 is 28.6 Å². The van der Waals surface area contributed by atoms with Crippen LogP contribution in [0.5, 0.6) is 0 Å². The van der Waals surface area contributed by atoms with Gasteiger partial charge in [0.05, 0.1) is 0 Å². The smallest absolute Gasteiger partial charge is 0.322 e. The molecule has 1 aliphatic heterocycles. The Hall–Kier alpha value is -0.620. The fraction of sp³-hybridized carbons (Fsp3) is 0.462. The number of hydrogen-bond acceptors (Lipinski definition) is 3. The molecule has 4 heteroatoms. The van der Waals surface area contributed by atoms with Crippen LogP contribution in [0.3, 0.4) is 0 Å². The van der Waals surface area contributed by atoms with Crippen LogP contribution in [0.15, 0.2) is 30.3 Å². The largest absolute Gasteiger partial charge is 0.460 e. The lowest BCUT2D eigenvalue weighted by Crippen LogP contribution is -2.39. The molecule has 0 atom stereocenters. The molecular weight excluding hydrogens is 331 g/mol. The summed E-state index contributed by atoms with van der Waals surface area (Å²) in [5, 5.41) is 0. The molecule has 0 spiro atoms. The van der Waals surface area contributed by atoms with Crippen molar-refractivity contribution < 1.29 is 14.3 Å². The Labute approximate surface area is 115 Å². The van der Waals surface area contributed by atoms with E-state index >= 15 is 0 Å². The number of rotatable bonds is 3. The minimum Gasteiger partial charge on any atom is -0.460 e. The maximum absolute atomic E-state index is 12.0. The molecule has 2 rings (SSSR count). The molecule has 17 heavy (non-hydrogen) atoms. The van der Waals surface area contributed by atoms with Gasteiger partial charge in [0.1, 0.15) is 10.0 Å². The van der Waals surface area contributed by atoms with Crippen LogP contribution in [0.1, 0.15) is 18.4 Å². The predicted molar refractivity (Wildman–Crippen MR) is 73.0 cm³/mol. The van der Waals surface area contributed by atoms with Gasteiger partial charge >= 0.3 is 5.97 Å². The fourth-order valence-electron chi connectivity index (χ4n) is 1.75. The maximum Gasteiger partial charge on any atom is 0.322 e. The number of alkyl halides is 1. The number of hydrogen-bond donors (Lipinski definition) is 0. The Morgan fingerprint density at radius 1 is 1.29 bits per heavy atom. The third-order valence-corrected chi connectivity index (χ3v) is 4.38. The molecule has 3 nitrogen and oxygen atoms in total. The van der Waals surface area contributed by atoms with E-state index in [0.29, 0.717) is 19.8 Å². The van der Waals surface area contributed by atoms with E-state index in [9.17, 15) is 4.79 Å². The summed E-state index contributed by atoms with van der Waals surface area (Å²) >= 11 is 2.20. The van der Waals surface area contributed by atoms with Crippen LogP contribution in [-0.2, 0) is 20.9 Å². The van der Waals surface area contributed by atoms with Crippen molar-refractivity contribution in [3.8, 4) is 0 Å². The van der Waals surface area contributed by atoms with Gasteiger partial charge in [0.2, 0.25) is 0 Å². The first kappa shape index (κ1) is 12.8. The molecule has 0 amide bonds. The Bertz CT molecular complexity index is 372. The van der Waals surface area contributed by atoms with Crippen molar-refractivity contribution in [2.24, 2.45) is 0 Å².